The van der Waals surface area contributed by atoms with E-state index < -0.39 is 0 Å². The van der Waals surface area contributed by atoms with Gasteiger partial charge in [-0.3, -0.25) is 14.9 Å². The van der Waals surface area contributed by atoms with Gasteiger partial charge >= 0.3 is 0 Å². The molecule has 4 heteroatoms. The third-order valence-corrected chi connectivity index (χ3v) is 2.16. The van der Waals surface area contributed by atoms with Crippen molar-refractivity contribution in [2.45, 2.75) is 0 Å². The van der Waals surface area contributed by atoms with Crippen LogP contribution in [0.1, 0.15) is 5.56 Å². The number of ether oxygens (including phenoxy) is 1. The zero-order valence-electron chi connectivity index (χ0n) is 8.11. The monoisotopic (exact) mass is 203 g/mol. The second-order valence-corrected chi connectivity index (χ2v) is 3.10. The molecule has 0 aliphatic carbocycles. The van der Waals surface area contributed by atoms with Gasteiger partial charge in [0.05, 0.1) is 12.7 Å². The number of benzene rings is 1. The Balaban J connectivity index is 2.34. The average Bonchev–Trinajstić information content (AvgIpc) is 2.58. The molecule has 2 rings (SSSR count). The quantitative estimate of drug-likeness (QED) is 0.721. The SMILES string of the molecule is COc1ccc(C2=CC(=O)NC2=O)cc1. The predicted molar refractivity (Wildman–Crippen MR) is 54.1 cm³/mol. The topological polar surface area (TPSA) is 55.4 Å². The molecule has 0 saturated heterocycles. The minimum atomic E-state index is -0.370. The van der Waals surface area contributed by atoms with Crippen LogP contribution in [-0.2, 0) is 9.59 Å². The molecular weight excluding hydrogens is 194 g/mol. The van der Waals surface area contributed by atoms with Gasteiger partial charge in [0.25, 0.3) is 11.8 Å². The van der Waals surface area contributed by atoms with Gasteiger partial charge in [0.2, 0.25) is 0 Å². The highest BCUT2D eigenvalue weighted by atomic mass is 16.5. The van der Waals surface area contributed by atoms with Gasteiger partial charge in [-0.05, 0) is 17.7 Å². The molecule has 2 amide bonds. The van der Waals surface area contributed by atoms with Crippen LogP contribution in [0.5, 0.6) is 5.75 Å². The van der Waals surface area contributed by atoms with Crippen molar-refractivity contribution in [2.24, 2.45) is 0 Å². The van der Waals surface area contributed by atoms with Gasteiger partial charge in [-0.25, -0.2) is 0 Å². The fourth-order valence-corrected chi connectivity index (χ4v) is 1.40. The maximum absolute atomic E-state index is 11.3. The summed E-state index contributed by atoms with van der Waals surface area (Å²) in [4.78, 5) is 22.2. The van der Waals surface area contributed by atoms with Crippen molar-refractivity contribution in [2.75, 3.05) is 7.11 Å². The van der Waals surface area contributed by atoms with Crippen LogP contribution in [0.25, 0.3) is 5.57 Å². The zero-order valence-corrected chi connectivity index (χ0v) is 8.11. The van der Waals surface area contributed by atoms with Crippen LogP contribution in [0.3, 0.4) is 0 Å². The van der Waals surface area contributed by atoms with E-state index in [1.807, 2.05) is 0 Å². The average molecular weight is 203 g/mol. The Hall–Kier alpha value is -2.10. The Bertz CT molecular complexity index is 445. The molecule has 1 aromatic carbocycles. The van der Waals surface area contributed by atoms with Gasteiger partial charge < -0.3 is 4.74 Å². The van der Waals surface area contributed by atoms with Gasteiger partial charge in [-0.15, -0.1) is 0 Å². The first-order chi connectivity index (χ1) is 7.20. The molecular formula is C11H9NO3. The normalized spacial score (nSPS) is 14.9. The Labute approximate surface area is 86.5 Å². The molecule has 0 atom stereocenters. The maximum Gasteiger partial charge on any atom is 0.258 e. The summed E-state index contributed by atoms with van der Waals surface area (Å²) in [7, 11) is 1.57. The molecule has 1 heterocycles. The lowest BCUT2D eigenvalue weighted by molar-refractivity contribution is -0.123. The van der Waals surface area contributed by atoms with Crippen molar-refractivity contribution >= 4 is 17.4 Å². The van der Waals surface area contributed by atoms with Crippen molar-refractivity contribution in [3.05, 3.63) is 35.9 Å². The predicted octanol–water partition coefficient (Wildman–Crippen LogP) is 0.735. The largest absolute Gasteiger partial charge is 0.497 e. The molecule has 1 aliphatic rings. The van der Waals surface area contributed by atoms with E-state index in [0.717, 1.165) is 0 Å². The number of amides is 2. The van der Waals surface area contributed by atoms with E-state index >= 15 is 0 Å². The van der Waals surface area contributed by atoms with Crippen molar-refractivity contribution < 1.29 is 14.3 Å². The molecule has 4 nitrogen and oxygen atoms in total. The number of carbonyl (C=O) groups is 2. The Morgan fingerprint density at radius 2 is 1.80 bits per heavy atom. The van der Waals surface area contributed by atoms with E-state index in [1.54, 1.807) is 31.4 Å². The zero-order chi connectivity index (χ0) is 10.8. The maximum atomic E-state index is 11.3. The van der Waals surface area contributed by atoms with E-state index in [4.69, 9.17) is 4.74 Å². The molecule has 1 aliphatic heterocycles. The molecule has 1 N–H and O–H groups in total. The summed E-state index contributed by atoms with van der Waals surface area (Å²) < 4.78 is 4.99. The Kier molecular flexibility index (Phi) is 2.25. The van der Waals surface area contributed by atoms with Crippen LogP contribution in [-0.4, -0.2) is 18.9 Å². The van der Waals surface area contributed by atoms with E-state index in [0.29, 0.717) is 16.9 Å². The highest BCUT2D eigenvalue weighted by Gasteiger charge is 2.21. The van der Waals surface area contributed by atoms with E-state index in [9.17, 15) is 9.59 Å². The molecule has 0 radical (unpaired) electrons. The summed E-state index contributed by atoms with van der Waals surface area (Å²) in [5.41, 5.74) is 1.10. The van der Waals surface area contributed by atoms with Crippen LogP contribution in [0.15, 0.2) is 30.3 Å². The molecule has 76 valence electrons. The van der Waals surface area contributed by atoms with E-state index in [-0.39, 0.29) is 11.8 Å². The highest BCUT2D eigenvalue weighted by molar-refractivity contribution is 6.33. The van der Waals surface area contributed by atoms with Gasteiger partial charge in [-0.1, -0.05) is 12.1 Å². The summed E-state index contributed by atoms with van der Waals surface area (Å²) >= 11 is 0. The van der Waals surface area contributed by atoms with Crippen LogP contribution < -0.4 is 10.1 Å². The van der Waals surface area contributed by atoms with E-state index in [2.05, 4.69) is 5.32 Å². The minimum absolute atomic E-state index is 0.356. The van der Waals surface area contributed by atoms with Crippen LogP contribution in [0, 0.1) is 0 Å². The molecule has 0 fully saturated rings. The third kappa shape index (κ3) is 1.74. The number of hydrogen-bond acceptors (Lipinski definition) is 3. The molecule has 0 unspecified atom stereocenters. The van der Waals surface area contributed by atoms with Crippen molar-refractivity contribution in [1.82, 2.24) is 5.32 Å². The first kappa shape index (κ1) is 9.45. The molecule has 0 aromatic heterocycles. The molecule has 15 heavy (non-hydrogen) atoms. The molecule has 0 spiro atoms. The third-order valence-electron chi connectivity index (χ3n) is 2.16. The summed E-state index contributed by atoms with van der Waals surface area (Å²) in [5, 5.41) is 2.19. The van der Waals surface area contributed by atoms with Crippen LogP contribution in [0.4, 0.5) is 0 Å². The Morgan fingerprint density at radius 3 is 2.27 bits per heavy atom. The van der Waals surface area contributed by atoms with Crippen LogP contribution >= 0.6 is 0 Å². The van der Waals surface area contributed by atoms with Gasteiger partial charge in [0.1, 0.15) is 5.75 Å². The summed E-state index contributed by atoms with van der Waals surface area (Å²) in [6.07, 6.45) is 1.30. The van der Waals surface area contributed by atoms with Gasteiger partial charge in [0.15, 0.2) is 0 Å². The van der Waals surface area contributed by atoms with Crippen molar-refractivity contribution in [3.63, 3.8) is 0 Å². The summed E-state index contributed by atoms with van der Waals surface area (Å²) in [6.45, 7) is 0. The Morgan fingerprint density at radius 1 is 1.13 bits per heavy atom. The lowest BCUT2D eigenvalue weighted by atomic mass is 10.1. The van der Waals surface area contributed by atoms with Crippen LogP contribution in [0.2, 0.25) is 0 Å². The lowest BCUT2D eigenvalue weighted by Crippen LogP contribution is -2.21. The smallest absolute Gasteiger partial charge is 0.258 e. The number of rotatable bonds is 2. The summed E-state index contributed by atoms with van der Waals surface area (Å²) in [5.74, 6) is -0.0138. The second-order valence-electron chi connectivity index (χ2n) is 3.10. The number of methoxy groups -OCH3 is 1. The fourth-order valence-electron chi connectivity index (χ4n) is 1.40. The highest BCUT2D eigenvalue weighted by Crippen LogP contribution is 2.20. The summed E-state index contributed by atoms with van der Waals surface area (Å²) in [6, 6.07) is 6.96. The first-order valence-electron chi connectivity index (χ1n) is 4.42. The first-order valence-corrected chi connectivity index (χ1v) is 4.42. The molecule has 0 bridgehead atoms. The van der Waals surface area contributed by atoms with Gasteiger partial charge in [0, 0.05) is 6.08 Å². The number of nitrogens with one attached hydrogen (secondary N) is 1. The number of carbonyl (C=O) groups excluding carboxylic acids is 2. The molecule has 0 saturated carbocycles. The number of imide groups is 1. The fraction of sp³-hybridized carbons (Fsp3) is 0.0909. The second kappa shape index (κ2) is 3.57. The van der Waals surface area contributed by atoms with Gasteiger partial charge in [-0.2, -0.15) is 0 Å². The van der Waals surface area contributed by atoms with E-state index in [1.165, 1.54) is 6.08 Å². The van der Waals surface area contributed by atoms with Crippen molar-refractivity contribution in [1.29, 1.82) is 0 Å². The van der Waals surface area contributed by atoms with Crippen molar-refractivity contribution in [3.8, 4) is 5.75 Å². The lowest BCUT2D eigenvalue weighted by Gasteiger charge is -2.02. The minimum Gasteiger partial charge on any atom is -0.497 e. The molecule has 1 aromatic rings. The standard InChI is InChI=1S/C11H9NO3/c1-15-8-4-2-7(3-5-8)9-6-10(13)12-11(9)14/h2-6H,1H3,(H,12,13,14). The number of hydrogen-bond donors (Lipinski definition) is 1.